The zero-order valence-electron chi connectivity index (χ0n) is 14.4. The first kappa shape index (κ1) is 16.9. The number of hydrogen-bond acceptors (Lipinski definition) is 4. The molecule has 1 saturated heterocycles. The van der Waals surface area contributed by atoms with Crippen LogP contribution in [0.2, 0.25) is 0 Å². The van der Waals surface area contributed by atoms with Crippen LogP contribution >= 0.6 is 0 Å². The first-order chi connectivity index (χ1) is 12.4. The van der Waals surface area contributed by atoms with Crippen LogP contribution in [0.15, 0.2) is 12.2 Å². The Bertz CT molecular complexity index is 612. The molecule has 1 aliphatic heterocycles. The Balaban J connectivity index is 1.33. The van der Waals surface area contributed by atoms with Crippen LogP contribution in [0.3, 0.4) is 0 Å². The number of hydrogen-bond donors (Lipinski definition) is 0. The second kappa shape index (κ2) is 5.88. The van der Waals surface area contributed by atoms with Crippen LogP contribution in [-0.2, 0) is 14.2 Å². The quantitative estimate of drug-likeness (QED) is 0.412. The van der Waals surface area contributed by atoms with Crippen molar-refractivity contribution in [2.75, 3.05) is 6.61 Å². The van der Waals surface area contributed by atoms with Crippen molar-refractivity contribution in [2.45, 2.75) is 50.7 Å². The lowest BCUT2D eigenvalue weighted by molar-refractivity contribution is -0.228. The minimum Gasteiger partial charge on any atom is -0.430 e. The second-order valence-corrected chi connectivity index (χ2v) is 8.48. The summed E-state index contributed by atoms with van der Waals surface area (Å²) < 4.78 is 57.2. The maximum absolute atomic E-state index is 13.8. The van der Waals surface area contributed by atoms with Crippen molar-refractivity contribution in [2.24, 2.45) is 41.4 Å². The summed E-state index contributed by atoms with van der Waals surface area (Å²) in [7, 11) is 0. The first-order valence-electron chi connectivity index (χ1n) is 9.67. The third-order valence-corrected chi connectivity index (χ3v) is 7.33. The standard InChI is InChI=1S/C19H23F3O4/c20-19(21,22)16-11-8-12(15-10-5-4-9(7-10)14(11)15)17(16)26-18(23)25-13-3-1-2-6-24-13/h4-5,9-17H,1-3,6-8H2. The normalized spacial score (nSPS) is 48.7. The predicted molar refractivity (Wildman–Crippen MR) is 83.8 cm³/mol. The molecule has 4 bridgehead atoms. The largest absolute Gasteiger partial charge is 0.510 e. The average Bonchev–Trinajstić information content (AvgIpc) is 3.33. The summed E-state index contributed by atoms with van der Waals surface area (Å²) >= 11 is 0. The molecule has 0 aromatic rings. The number of alkyl halides is 3. The summed E-state index contributed by atoms with van der Waals surface area (Å²) in [6, 6.07) is 0. The van der Waals surface area contributed by atoms with Gasteiger partial charge in [-0.2, -0.15) is 13.2 Å². The van der Waals surface area contributed by atoms with E-state index >= 15 is 0 Å². The summed E-state index contributed by atoms with van der Waals surface area (Å²) in [6.07, 6.45) is 0.862. The molecule has 0 aromatic heterocycles. The number of rotatable bonds is 2. The minimum atomic E-state index is -4.36. The van der Waals surface area contributed by atoms with E-state index < -0.39 is 36.6 Å². The van der Waals surface area contributed by atoms with Crippen LogP contribution in [0.25, 0.3) is 0 Å². The van der Waals surface area contributed by atoms with Crippen molar-refractivity contribution in [3.63, 3.8) is 0 Å². The highest BCUT2D eigenvalue weighted by atomic mass is 19.4. The molecule has 0 radical (unpaired) electrons. The van der Waals surface area contributed by atoms with Gasteiger partial charge in [-0.05, 0) is 55.3 Å². The highest BCUT2D eigenvalue weighted by Gasteiger charge is 2.71. The highest BCUT2D eigenvalue weighted by molar-refractivity contribution is 5.60. The van der Waals surface area contributed by atoms with Crippen LogP contribution in [0.1, 0.15) is 32.1 Å². The summed E-state index contributed by atoms with van der Waals surface area (Å²) in [5.74, 6) is -1.28. The molecule has 4 nitrogen and oxygen atoms in total. The molecule has 0 amide bonds. The summed E-state index contributed by atoms with van der Waals surface area (Å²) in [6.45, 7) is 0.496. The zero-order valence-corrected chi connectivity index (χ0v) is 14.4. The van der Waals surface area contributed by atoms with Gasteiger partial charge in [0.15, 0.2) is 0 Å². The molecule has 0 spiro atoms. The third kappa shape index (κ3) is 2.49. The fraction of sp³-hybridized carbons (Fsp3) is 0.842. The van der Waals surface area contributed by atoms with Gasteiger partial charge in [0, 0.05) is 12.3 Å². The van der Waals surface area contributed by atoms with Crippen molar-refractivity contribution in [1.29, 1.82) is 0 Å². The van der Waals surface area contributed by atoms with Crippen molar-refractivity contribution < 1.29 is 32.2 Å². The molecular formula is C19H23F3O4. The SMILES string of the molecule is O=C(OC1CCCCO1)OC1C2CC(C3C4C=CC(C4)C23)C1C(F)(F)F. The van der Waals surface area contributed by atoms with Gasteiger partial charge in [-0.15, -0.1) is 0 Å². The Kier molecular flexibility index (Phi) is 3.82. The Labute approximate surface area is 150 Å². The van der Waals surface area contributed by atoms with E-state index in [0.29, 0.717) is 25.4 Å². The van der Waals surface area contributed by atoms with E-state index in [2.05, 4.69) is 12.2 Å². The molecule has 0 aromatic carbocycles. The maximum atomic E-state index is 13.8. The molecule has 3 saturated carbocycles. The third-order valence-electron chi connectivity index (χ3n) is 7.33. The smallest absolute Gasteiger partial charge is 0.430 e. The number of ether oxygens (including phenoxy) is 3. The number of halogens is 3. The number of allylic oxidation sites excluding steroid dienone is 2. The van der Waals surface area contributed by atoms with Gasteiger partial charge in [0.25, 0.3) is 0 Å². The fourth-order valence-corrected chi connectivity index (χ4v) is 6.62. The van der Waals surface area contributed by atoms with E-state index in [-0.39, 0.29) is 23.7 Å². The number of carbonyl (C=O) groups excluding carboxylic acids is 1. The molecule has 5 aliphatic rings. The van der Waals surface area contributed by atoms with Gasteiger partial charge in [0.05, 0.1) is 12.5 Å². The molecule has 1 heterocycles. The van der Waals surface area contributed by atoms with Crippen molar-refractivity contribution in [1.82, 2.24) is 0 Å². The van der Waals surface area contributed by atoms with E-state index in [9.17, 15) is 18.0 Å². The monoisotopic (exact) mass is 372 g/mol. The molecule has 26 heavy (non-hydrogen) atoms. The van der Waals surface area contributed by atoms with Gasteiger partial charge in [0.2, 0.25) is 6.29 Å². The van der Waals surface area contributed by atoms with Gasteiger partial charge < -0.3 is 14.2 Å². The lowest BCUT2D eigenvalue weighted by Crippen LogP contribution is -2.48. The topological polar surface area (TPSA) is 44.8 Å². The number of fused-ring (bicyclic) bond motifs is 9. The molecule has 9 atom stereocenters. The highest BCUT2D eigenvalue weighted by Crippen LogP contribution is 2.69. The van der Waals surface area contributed by atoms with Crippen LogP contribution in [0.5, 0.6) is 0 Å². The maximum Gasteiger partial charge on any atom is 0.510 e. The van der Waals surface area contributed by atoms with Crippen molar-refractivity contribution in [3.8, 4) is 0 Å². The minimum absolute atomic E-state index is 0.0965. The molecular weight excluding hydrogens is 349 g/mol. The predicted octanol–water partition coefficient (Wildman–Crippen LogP) is 4.30. The van der Waals surface area contributed by atoms with E-state index in [0.717, 1.165) is 19.3 Å². The lowest BCUT2D eigenvalue weighted by Gasteiger charge is -2.41. The summed E-state index contributed by atoms with van der Waals surface area (Å²) in [5.41, 5.74) is 0. The van der Waals surface area contributed by atoms with Crippen LogP contribution in [0.4, 0.5) is 18.0 Å². The van der Waals surface area contributed by atoms with Gasteiger partial charge >= 0.3 is 12.3 Å². The lowest BCUT2D eigenvalue weighted by atomic mass is 9.68. The zero-order chi connectivity index (χ0) is 18.1. The molecule has 144 valence electrons. The van der Waals surface area contributed by atoms with Gasteiger partial charge in [-0.3, -0.25) is 0 Å². The van der Waals surface area contributed by atoms with Gasteiger partial charge in [-0.1, -0.05) is 12.2 Å². The summed E-state index contributed by atoms with van der Waals surface area (Å²) in [5, 5.41) is 0. The Morgan fingerprint density at radius 2 is 1.73 bits per heavy atom. The fourth-order valence-electron chi connectivity index (χ4n) is 6.62. The van der Waals surface area contributed by atoms with Gasteiger partial charge in [-0.25, -0.2) is 4.79 Å². The molecule has 5 rings (SSSR count). The Morgan fingerprint density at radius 1 is 1.00 bits per heavy atom. The molecule has 7 heteroatoms. The van der Waals surface area contributed by atoms with Gasteiger partial charge in [0.1, 0.15) is 6.10 Å². The van der Waals surface area contributed by atoms with Crippen LogP contribution in [-0.4, -0.2) is 31.3 Å². The van der Waals surface area contributed by atoms with E-state index in [1.807, 2.05) is 0 Å². The average molecular weight is 372 g/mol. The number of carbonyl (C=O) groups is 1. The van der Waals surface area contributed by atoms with Crippen LogP contribution in [0, 0.1) is 41.4 Å². The molecule has 4 fully saturated rings. The molecule has 4 aliphatic carbocycles. The molecule has 0 N–H and O–H groups in total. The Morgan fingerprint density at radius 3 is 2.38 bits per heavy atom. The van der Waals surface area contributed by atoms with E-state index in [4.69, 9.17) is 14.2 Å². The van der Waals surface area contributed by atoms with E-state index in [1.54, 1.807) is 0 Å². The summed E-state index contributed by atoms with van der Waals surface area (Å²) in [4.78, 5) is 12.2. The van der Waals surface area contributed by atoms with E-state index in [1.165, 1.54) is 0 Å². The van der Waals surface area contributed by atoms with Crippen LogP contribution < -0.4 is 0 Å². The first-order valence-corrected chi connectivity index (χ1v) is 9.67. The van der Waals surface area contributed by atoms with Crippen molar-refractivity contribution in [3.05, 3.63) is 12.2 Å². The second-order valence-electron chi connectivity index (χ2n) is 8.48. The molecule has 9 unspecified atom stereocenters. The Hall–Kier alpha value is -1.24. The van der Waals surface area contributed by atoms with Crippen molar-refractivity contribution >= 4 is 6.16 Å².